The van der Waals surface area contributed by atoms with E-state index in [1.807, 2.05) is 12.1 Å². The molecule has 1 heterocycles. The minimum absolute atomic E-state index is 0.0571. The Morgan fingerprint density at radius 1 is 1.15 bits per heavy atom. The molecule has 34 heavy (non-hydrogen) atoms. The van der Waals surface area contributed by atoms with Gasteiger partial charge in [-0.1, -0.05) is 55.5 Å². The van der Waals surface area contributed by atoms with Crippen molar-refractivity contribution in [3.8, 4) is 5.75 Å². The molecule has 0 aliphatic heterocycles. The number of nitrogens with one attached hydrogen (secondary N) is 1. The summed E-state index contributed by atoms with van der Waals surface area (Å²) in [6.45, 7) is 3.15. The molecule has 5 rings (SSSR count). The summed E-state index contributed by atoms with van der Waals surface area (Å²) in [6, 6.07) is 21.1. The monoisotopic (exact) mass is 450 g/mol. The Labute approximate surface area is 198 Å². The summed E-state index contributed by atoms with van der Waals surface area (Å²) in [4.78, 5) is 12.3. The van der Waals surface area contributed by atoms with E-state index in [0.29, 0.717) is 17.4 Å². The number of nitrogen functional groups attached to an aromatic ring is 1. The number of fused-ring (bicyclic) bond motifs is 2. The molecule has 2 atom stereocenters. The molecule has 6 heteroatoms. The Hall–Kier alpha value is -4.32. The number of hydrogen-bond acceptors (Lipinski definition) is 4. The maximum absolute atomic E-state index is 12.3. The van der Waals surface area contributed by atoms with Crippen molar-refractivity contribution < 1.29 is 9.90 Å². The predicted octanol–water partition coefficient (Wildman–Crippen LogP) is 5.14. The number of aromatic nitrogens is 1. The minimum atomic E-state index is -0.397. The number of hydrogen-bond donors (Lipinski definition) is 3. The molecule has 6 nitrogen and oxygen atoms in total. The number of anilines is 1. The van der Waals surface area contributed by atoms with Crippen molar-refractivity contribution in [1.29, 1.82) is 0 Å². The molecule has 0 radical (unpaired) electrons. The lowest BCUT2D eigenvalue weighted by molar-refractivity contribution is 0.0955. The van der Waals surface area contributed by atoms with Gasteiger partial charge in [-0.25, -0.2) is 5.43 Å². The van der Waals surface area contributed by atoms with E-state index in [0.717, 1.165) is 23.0 Å². The van der Waals surface area contributed by atoms with Gasteiger partial charge in [-0.3, -0.25) is 4.79 Å². The van der Waals surface area contributed by atoms with Crippen LogP contribution in [0.15, 0.2) is 84.1 Å². The SMILES string of the molecule is CC1C=Cc2ccccc2C1Cn1ccc2c(/C=N/NC(=O)c3ccc(O)c(N)c3)cccc21. The van der Waals surface area contributed by atoms with Gasteiger partial charge >= 0.3 is 0 Å². The van der Waals surface area contributed by atoms with Crippen LogP contribution < -0.4 is 11.2 Å². The van der Waals surface area contributed by atoms with Gasteiger partial charge in [-0.05, 0) is 47.4 Å². The molecule has 0 fully saturated rings. The van der Waals surface area contributed by atoms with E-state index in [9.17, 15) is 9.90 Å². The number of carbonyl (C=O) groups is 1. The van der Waals surface area contributed by atoms with E-state index < -0.39 is 5.91 Å². The van der Waals surface area contributed by atoms with E-state index in [1.54, 1.807) is 6.21 Å². The van der Waals surface area contributed by atoms with Crippen LogP contribution in [0, 0.1) is 5.92 Å². The molecular formula is C28H26N4O2. The Morgan fingerprint density at radius 3 is 2.85 bits per heavy atom. The number of carbonyl (C=O) groups excluding carboxylic acids is 1. The van der Waals surface area contributed by atoms with Crippen LogP contribution >= 0.6 is 0 Å². The summed E-state index contributed by atoms with van der Waals surface area (Å²) in [5, 5.41) is 14.7. The van der Waals surface area contributed by atoms with Crippen LogP contribution in [0.1, 0.15) is 39.9 Å². The van der Waals surface area contributed by atoms with Crippen LogP contribution in [0.3, 0.4) is 0 Å². The first-order valence-electron chi connectivity index (χ1n) is 11.3. The van der Waals surface area contributed by atoms with Gasteiger partial charge in [0, 0.05) is 40.7 Å². The number of nitrogens with two attached hydrogens (primary N) is 1. The van der Waals surface area contributed by atoms with Gasteiger partial charge < -0.3 is 15.4 Å². The third-order valence-electron chi connectivity index (χ3n) is 6.51. The number of hydrazone groups is 1. The minimum Gasteiger partial charge on any atom is -0.506 e. The lowest BCUT2D eigenvalue weighted by atomic mass is 9.80. The zero-order chi connectivity index (χ0) is 23.7. The molecule has 1 amide bonds. The molecule has 2 unspecified atom stereocenters. The molecule has 4 aromatic rings. The first-order chi connectivity index (χ1) is 16.5. The van der Waals surface area contributed by atoms with Crippen molar-refractivity contribution >= 4 is 34.8 Å². The summed E-state index contributed by atoms with van der Waals surface area (Å²) in [5.74, 6) is 0.386. The number of phenols is 1. The second-order valence-corrected chi connectivity index (χ2v) is 8.67. The van der Waals surface area contributed by atoms with Crippen LogP contribution in [-0.2, 0) is 6.54 Å². The number of rotatable bonds is 5. The first-order valence-corrected chi connectivity index (χ1v) is 11.3. The van der Waals surface area contributed by atoms with Crippen molar-refractivity contribution in [3.05, 3.63) is 101 Å². The smallest absolute Gasteiger partial charge is 0.271 e. The van der Waals surface area contributed by atoms with Gasteiger partial charge in [0.1, 0.15) is 5.75 Å². The normalized spacial score (nSPS) is 17.2. The Kier molecular flexibility index (Phi) is 5.64. The first kappa shape index (κ1) is 21.5. The molecule has 0 saturated carbocycles. The van der Waals surface area contributed by atoms with Crippen molar-refractivity contribution in [1.82, 2.24) is 9.99 Å². The lowest BCUT2D eigenvalue weighted by Gasteiger charge is -2.28. The van der Waals surface area contributed by atoms with Crippen molar-refractivity contribution in [2.24, 2.45) is 11.0 Å². The third-order valence-corrected chi connectivity index (χ3v) is 6.51. The molecule has 1 aliphatic carbocycles. The summed E-state index contributed by atoms with van der Waals surface area (Å²) < 4.78 is 2.29. The molecule has 0 saturated heterocycles. The van der Waals surface area contributed by atoms with Gasteiger partial charge in [-0.15, -0.1) is 0 Å². The van der Waals surface area contributed by atoms with E-state index in [-0.39, 0.29) is 11.4 Å². The Bertz CT molecular complexity index is 1430. The van der Waals surface area contributed by atoms with Gasteiger partial charge in [0.15, 0.2) is 0 Å². The van der Waals surface area contributed by atoms with Gasteiger partial charge in [-0.2, -0.15) is 5.10 Å². The highest BCUT2D eigenvalue weighted by atomic mass is 16.3. The highest BCUT2D eigenvalue weighted by Gasteiger charge is 2.23. The van der Waals surface area contributed by atoms with E-state index in [2.05, 4.69) is 76.8 Å². The Balaban J connectivity index is 1.36. The summed E-state index contributed by atoms with van der Waals surface area (Å²) in [6.07, 6.45) is 8.28. The standard InChI is InChI=1S/C28H26N4O2/c1-18-9-10-19-5-2-3-7-22(19)24(18)17-32-14-13-23-21(6-4-8-26(23)32)16-30-31-28(34)20-11-12-27(33)25(29)15-20/h2-16,18,24,33H,17,29H2,1H3,(H,31,34)/b30-16+. The fraction of sp³-hybridized carbons (Fsp3) is 0.143. The molecule has 3 aromatic carbocycles. The van der Waals surface area contributed by atoms with E-state index in [4.69, 9.17) is 5.73 Å². The molecule has 0 bridgehead atoms. The Morgan fingerprint density at radius 2 is 2.00 bits per heavy atom. The molecular weight excluding hydrogens is 424 g/mol. The average Bonchev–Trinajstić information content (AvgIpc) is 3.26. The molecule has 4 N–H and O–H groups in total. The highest BCUT2D eigenvalue weighted by molar-refractivity contribution is 6.00. The summed E-state index contributed by atoms with van der Waals surface area (Å²) in [5.41, 5.74) is 13.4. The van der Waals surface area contributed by atoms with Crippen molar-refractivity contribution in [3.63, 3.8) is 0 Å². The summed E-state index contributed by atoms with van der Waals surface area (Å²) in [7, 11) is 0. The molecule has 170 valence electrons. The van der Waals surface area contributed by atoms with Crippen LogP contribution in [0.4, 0.5) is 5.69 Å². The second-order valence-electron chi connectivity index (χ2n) is 8.67. The zero-order valence-electron chi connectivity index (χ0n) is 18.8. The number of amides is 1. The largest absolute Gasteiger partial charge is 0.506 e. The number of benzene rings is 3. The van der Waals surface area contributed by atoms with Crippen molar-refractivity contribution in [2.75, 3.05) is 5.73 Å². The summed E-state index contributed by atoms with van der Waals surface area (Å²) >= 11 is 0. The quantitative estimate of drug-likeness (QED) is 0.170. The molecule has 0 spiro atoms. The molecule has 1 aromatic heterocycles. The predicted molar refractivity (Wildman–Crippen MR) is 137 cm³/mol. The highest BCUT2D eigenvalue weighted by Crippen LogP contribution is 2.36. The van der Waals surface area contributed by atoms with Gasteiger partial charge in [0.05, 0.1) is 11.9 Å². The number of allylic oxidation sites excluding steroid dienone is 1. The lowest BCUT2D eigenvalue weighted by Crippen LogP contribution is -2.18. The fourth-order valence-electron chi connectivity index (χ4n) is 4.59. The average molecular weight is 451 g/mol. The maximum atomic E-state index is 12.3. The van der Waals surface area contributed by atoms with Gasteiger partial charge in [0.2, 0.25) is 0 Å². The van der Waals surface area contributed by atoms with Crippen LogP contribution in [-0.4, -0.2) is 21.8 Å². The van der Waals surface area contributed by atoms with Crippen molar-refractivity contribution in [2.45, 2.75) is 19.4 Å². The van der Waals surface area contributed by atoms with Crippen LogP contribution in [0.2, 0.25) is 0 Å². The van der Waals surface area contributed by atoms with Crippen LogP contribution in [0.5, 0.6) is 5.75 Å². The maximum Gasteiger partial charge on any atom is 0.271 e. The molecule has 1 aliphatic rings. The number of aromatic hydroxyl groups is 1. The topological polar surface area (TPSA) is 92.6 Å². The number of nitrogens with zero attached hydrogens (tertiary/aromatic N) is 2. The third kappa shape index (κ3) is 4.06. The van der Waals surface area contributed by atoms with Crippen LogP contribution in [0.25, 0.3) is 17.0 Å². The van der Waals surface area contributed by atoms with E-state index >= 15 is 0 Å². The van der Waals surface area contributed by atoms with Gasteiger partial charge in [0.25, 0.3) is 5.91 Å². The second kappa shape index (κ2) is 8.90. The van der Waals surface area contributed by atoms with E-state index in [1.165, 1.54) is 29.3 Å². The fourth-order valence-corrected chi connectivity index (χ4v) is 4.59. The zero-order valence-corrected chi connectivity index (χ0v) is 18.8. The number of phenolic OH excluding ortho intramolecular Hbond substituents is 1.